The molecule has 1 aliphatic heterocycles. The maximum Gasteiger partial charge on any atom is 0.267 e. The van der Waals surface area contributed by atoms with E-state index in [1.807, 2.05) is 24.6 Å². The van der Waals surface area contributed by atoms with Gasteiger partial charge in [0.2, 0.25) is 0 Å². The second-order valence-corrected chi connectivity index (χ2v) is 6.13. The lowest BCUT2D eigenvalue weighted by Gasteiger charge is -2.23. The van der Waals surface area contributed by atoms with Crippen molar-refractivity contribution in [1.82, 2.24) is 20.6 Å². The van der Waals surface area contributed by atoms with Crippen molar-refractivity contribution in [3.63, 3.8) is 0 Å². The minimum absolute atomic E-state index is 0.0445. The predicted octanol–water partition coefficient (Wildman–Crippen LogP) is 1.93. The fraction of sp³-hybridized carbons (Fsp3) is 0.429. The molecule has 106 valence electrons. The smallest absolute Gasteiger partial charge is 0.267 e. The van der Waals surface area contributed by atoms with Crippen molar-refractivity contribution in [3.8, 4) is 11.3 Å². The summed E-state index contributed by atoms with van der Waals surface area (Å²) in [7, 11) is 0. The Labute approximate surface area is 121 Å². The largest absolute Gasteiger partial charge is 0.357 e. The van der Waals surface area contributed by atoms with E-state index in [4.69, 9.17) is 0 Å². The molecule has 1 saturated heterocycles. The van der Waals surface area contributed by atoms with Crippen LogP contribution >= 0.6 is 11.3 Å². The number of aromatic nitrogens is 2. The van der Waals surface area contributed by atoms with Gasteiger partial charge in [0.05, 0.1) is 10.7 Å². The summed E-state index contributed by atoms with van der Waals surface area (Å²) in [6.45, 7) is 3.87. The molecule has 20 heavy (non-hydrogen) atoms. The zero-order chi connectivity index (χ0) is 13.9. The predicted molar refractivity (Wildman–Crippen MR) is 80.0 cm³/mol. The van der Waals surface area contributed by atoms with Crippen LogP contribution in [0.1, 0.15) is 28.3 Å². The number of amides is 1. The number of aromatic amines is 1. The Morgan fingerprint density at radius 2 is 2.45 bits per heavy atom. The van der Waals surface area contributed by atoms with Crippen LogP contribution < -0.4 is 10.6 Å². The van der Waals surface area contributed by atoms with Crippen LogP contribution in [-0.4, -0.2) is 35.0 Å². The molecule has 3 N–H and O–H groups in total. The van der Waals surface area contributed by atoms with Crippen molar-refractivity contribution >= 4 is 17.2 Å². The number of nitrogens with zero attached hydrogens (tertiary/aromatic N) is 1. The normalized spacial score (nSPS) is 18.9. The highest BCUT2D eigenvalue weighted by Crippen LogP contribution is 2.22. The second kappa shape index (κ2) is 5.76. The summed E-state index contributed by atoms with van der Waals surface area (Å²) in [5.74, 6) is -0.0445. The van der Waals surface area contributed by atoms with Gasteiger partial charge in [-0.05, 0) is 32.4 Å². The Morgan fingerprint density at radius 3 is 3.15 bits per heavy atom. The van der Waals surface area contributed by atoms with E-state index in [0.29, 0.717) is 5.69 Å². The van der Waals surface area contributed by atoms with E-state index in [1.54, 1.807) is 11.3 Å². The van der Waals surface area contributed by atoms with Gasteiger partial charge >= 0.3 is 0 Å². The Kier molecular flexibility index (Phi) is 3.84. The molecule has 1 aliphatic rings. The number of thiazole rings is 1. The molecule has 6 heteroatoms. The average molecular weight is 290 g/mol. The molecule has 0 spiro atoms. The van der Waals surface area contributed by atoms with E-state index in [9.17, 15) is 4.79 Å². The van der Waals surface area contributed by atoms with E-state index >= 15 is 0 Å². The molecule has 0 saturated carbocycles. The SMILES string of the molecule is Cc1nc(-c2c[nH]c(C(=O)N[C@H]3CCCNC3)c2)cs1. The van der Waals surface area contributed by atoms with Crippen molar-refractivity contribution in [2.75, 3.05) is 13.1 Å². The number of piperidine rings is 1. The molecule has 0 bridgehead atoms. The van der Waals surface area contributed by atoms with E-state index in [1.165, 1.54) is 0 Å². The van der Waals surface area contributed by atoms with E-state index in [-0.39, 0.29) is 11.9 Å². The molecule has 0 aliphatic carbocycles. The fourth-order valence-corrected chi connectivity index (χ4v) is 3.03. The van der Waals surface area contributed by atoms with Gasteiger partial charge in [0.1, 0.15) is 5.69 Å². The number of aryl methyl sites for hydroxylation is 1. The highest BCUT2D eigenvalue weighted by atomic mass is 32.1. The van der Waals surface area contributed by atoms with Crippen molar-refractivity contribution in [2.24, 2.45) is 0 Å². The quantitative estimate of drug-likeness (QED) is 0.809. The topological polar surface area (TPSA) is 69.8 Å². The number of rotatable bonds is 3. The summed E-state index contributed by atoms with van der Waals surface area (Å²) in [6.07, 6.45) is 3.99. The highest BCUT2D eigenvalue weighted by Gasteiger charge is 2.17. The lowest BCUT2D eigenvalue weighted by atomic mass is 10.1. The number of nitrogens with one attached hydrogen (secondary N) is 3. The number of hydrogen-bond acceptors (Lipinski definition) is 4. The first-order chi connectivity index (χ1) is 9.72. The van der Waals surface area contributed by atoms with Crippen molar-refractivity contribution < 1.29 is 4.79 Å². The number of hydrogen-bond donors (Lipinski definition) is 3. The molecular formula is C14H18N4OS. The first-order valence-corrected chi connectivity index (χ1v) is 7.73. The van der Waals surface area contributed by atoms with Crippen LogP contribution in [0.4, 0.5) is 0 Å². The molecule has 1 amide bonds. The number of carbonyl (C=O) groups excluding carboxylic acids is 1. The summed E-state index contributed by atoms with van der Waals surface area (Å²) in [5, 5.41) is 9.38. The molecular weight excluding hydrogens is 272 g/mol. The number of H-pyrrole nitrogens is 1. The summed E-state index contributed by atoms with van der Waals surface area (Å²) in [5.41, 5.74) is 2.47. The first kappa shape index (κ1) is 13.3. The van der Waals surface area contributed by atoms with Crippen molar-refractivity contribution in [3.05, 3.63) is 28.3 Å². The Morgan fingerprint density at radius 1 is 1.55 bits per heavy atom. The van der Waals surface area contributed by atoms with E-state index in [2.05, 4.69) is 20.6 Å². The molecule has 0 radical (unpaired) electrons. The van der Waals surface area contributed by atoms with E-state index < -0.39 is 0 Å². The van der Waals surface area contributed by atoms with Gasteiger partial charge in [0.25, 0.3) is 5.91 Å². The Bertz CT molecular complexity index is 598. The Balaban J connectivity index is 1.68. The number of carbonyl (C=O) groups is 1. The molecule has 0 unspecified atom stereocenters. The molecule has 1 fully saturated rings. The zero-order valence-electron chi connectivity index (χ0n) is 11.4. The van der Waals surface area contributed by atoms with Crippen LogP contribution in [0.25, 0.3) is 11.3 Å². The van der Waals surface area contributed by atoms with E-state index in [0.717, 1.165) is 42.2 Å². The molecule has 3 rings (SSSR count). The average Bonchev–Trinajstić information content (AvgIpc) is 3.08. The summed E-state index contributed by atoms with van der Waals surface area (Å²) < 4.78 is 0. The fourth-order valence-electron chi connectivity index (χ4n) is 2.41. The van der Waals surface area contributed by atoms with Gasteiger partial charge in [-0.3, -0.25) is 4.79 Å². The summed E-state index contributed by atoms with van der Waals surface area (Å²) >= 11 is 1.61. The molecule has 5 nitrogen and oxygen atoms in total. The maximum atomic E-state index is 12.2. The van der Waals surface area contributed by atoms with Gasteiger partial charge in [-0.25, -0.2) is 4.98 Å². The van der Waals surface area contributed by atoms with Crippen molar-refractivity contribution in [2.45, 2.75) is 25.8 Å². The minimum Gasteiger partial charge on any atom is -0.357 e. The van der Waals surface area contributed by atoms with Crippen LogP contribution in [0.15, 0.2) is 17.6 Å². The van der Waals surface area contributed by atoms with Gasteiger partial charge < -0.3 is 15.6 Å². The van der Waals surface area contributed by atoms with Gasteiger partial charge in [0, 0.05) is 29.7 Å². The first-order valence-electron chi connectivity index (χ1n) is 6.85. The summed E-state index contributed by atoms with van der Waals surface area (Å²) in [4.78, 5) is 19.6. The van der Waals surface area contributed by atoms with Gasteiger partial charge in [-0.1, -0.05) is 0 Å². The third-order valence-corrected chi connectivity index (χ3v) is 4.25. The molecule has 0 aromatic carbocycles. The van der Waals surface area contributed by atoms with Crippen LogP contribution in [0.2, 0.25) is 0 Å². The Hall–Kier alpha value is -1.66. The zero-order valence-corrected chi connectivity index (χ0v) is 12.2. The standard InChI is InChI=1S/C14H18N4OS/c1-9-17-13(8-20-9)10-5-12(16-6-10)14(19)18-11-3-2-4-15-7-11/h5-6,8,11,15-16H,2-4,7H2,1H3,(H,18,19)/t11-/m0/s1. The molecule has 1 atom stereocenters. The minimum atomic E-state index is -0.0445. The highest BCUT2D eigenvalue weighted by molar-refractivity contribution is 7.09. The van der Waals surface area contributed by atoms with Gasteiger partial charge in [-0.2, -0.15) is 0 Å². The van der Waals surface area contributed by atoms with Crippen LogP contribution in [0.3, 0.4) is 0 Å². The maximum absolute atomic E-state index is 12.2. The lowest BCUT2D eigenvalue weighted by Crippen LogP contribution is -2.45. The van der Waals surface area contributed by atoms with Crippen LogP contribution in [0.5, 0.6) is 0 Å². The monoisotopic (exact) mass is 290 g/mol. The molecule has 2 aromatic heterocycles. The second-order valence-electron chi connectivity index (χ2n) is 5.07. The molecule has 3 heterocycles. The molecule has 2 aromatic rings. The third-order valence-electron chi connectivity index (χ3n) is 3.47. The lowest BCUT2D eigenvalue weighted by molar-refractivity contribution is 0.0926. The van der Waals surface area contributed by atoms with Crippen LogP contribution in [0, 0.1) is 6.92 Å². The van der Waals surface area contributed by atoms with Crippen molar-refractivity contribution in [1.29, 1.82) is 0 Å². The van der Waals surface area contributed by atoms with Crippen LogP contribution in [-0.2, 0) is 0 Å². The third kappa shape index (κ3) is 2.91. The summed E-state index contributed by atoms with van der Waals surface area (Å²) in [6, 6.07) is 2.09. The van der Waals surface area contributed by atoms with Gasteiger partial charge in [-0.15, -0.1) is 11.3 Å². The van der Waals surface area contributed by atoms with Gasteiger partial charge in [0.15, 0.2) is 0 Å².